The Morgan fingerprint density at radius 3 is 2.10 bits per heavy atom. The van der Waals surface area contributed by atoms with Gasteiger partial charge in [0.2, 0.25) is 10.0 Å². The molecule has 5 nitrogen and oxygen atoms in total. The molecule has 0 aromatic heterocycles. The highest BCUT2D eigenvalue weighted by molar-refractivity contribution is 7.89. The van der Waals surface area contributed by atoms with E-state index in [1.165, 1.54) is 64.8 Å². The molecule has 0 unspecified atom stereocenters. The van der Waals surface area contributed by atoms with E-state index in [2.05, 4.69) is 12.2 Å². The van der Waals surface area contributed by atoms with Gasteiger partial charge in [0, 0.05) is 20.1 Å². The van der Waals surface area contributed by atoms with Crippen molar-refractivity contribution in [2.24, 2.45) is 23.2 Å². The molecule has 0 heterocycles. The zero-order valence-electron chi connectivity index (χ0n) is 17.7. The van der Waals surface area contributed by atoms with Gasteiger partial charge in [-0.3, -0.25) is 4.79 Å². The first-order chi connectivity index (χ1) is 14.1. The monoisotopic (exact) mass is 472 g/mol. The Bertz CT molecular complexity index is 926. The van der Waals surface area contributed by atoms with E-state index in [0.717, 1.165) is 28.5 Å². The maximum Gasteiger partial charge on any atom is 0.253 e. The minimum atomic E-state index is -3.79. The Morgan fingerprint density at radius 1 is 1.10 bits per heavy atom. The van der Waals surface area contributed by atoms with Gasteiger partial charge in [-0.15, -0.1) is 0 Å². The molecule has 1 atom stereocenters. The Labute approximate surface area is 189 Å². The molecule has 30 heavy (non-hydrogen) atoms. The molecular weight excluding hydrogens is 443 g/mol. The molecule has 8 heteroatoms. The van der Waals surface area contributed by atoms with Gasteiger partial charge in [0.05, 0.1) is 15.6 Å². The highest BCUT2D eigenvalue weighted by Crippen LogP contribution is 2.61. The van der Waals surface area contributed by atoms with Crippen LogP contribution >= 0.6 is 23.2 Å². The molecule has 0 saturated heterocycles. The minimum Gasteiger partial charge on any atom is -0.349 e. The summed E-state index contributed by atoms with van der Waals surface area (Å²) in [5, 5.41) is 3.41. The number of carbonyl (C=O) groups excluding carboxylic acids is 1. The lowest BCUT2D eigenvalue weighted by atomic mass is 9.47. The van der Waals surface area contributed by atoms with Crippen molar-refractivity contribution in [3.63, 3.8) is 0 Å². The highest BCUT2D eigenvalue weighted by atomic mass is 35.5. The molecular formula is C22H30Cl2N2O3S. The van der Waals surface area contributed by atoms with Crippen molar-refractivity contribution < 1.29 is 13.2 Å². The fourth-order valence-electron chi connectivity index (χ4n) is 6.63. The van der Waals surface area contributed by atoms with Gasteiger partial charge < -0.3 is 5.32 Å². The van der Waals surface area contributed by atoms with E-state index in [0.29, 0.717) is 0 Å². The van der Waals surface area contributed by atoms with Gasteiger partial charge in [0.15, 0.2) is 0 Å². The van der Waals surface area contributed by atoms with E-state index >= 15 is 0 Å². The summed E-state index contributed by atoms with van der Waals surface area (Å²) < 4.78 is 26.3. The molecule has 1 aromatic carbocycles. The summed E-state index contributed by atoms with van der Waals surface area (Å²) >= 11 is 12.5. The third kappa shape index (κ3) is 3.78. The lowest BCUT2D eigenvalue weighted by Crippen LogP contribution is -2.56. The Morgan fingerprint density at radius 2 is 1.63 bits per heavy atom. The summed E-state index contributed by atoms with van der Waals surface area (Å²) in [6.45, 7) is 2.12. The van der Waals surface area contributed by atoms with Crippen LogP contribution in [-0.4, -0.2) is 38.8 Å². The first-order valence-electron chi connectivity index (χ1n) is 10.8. The van der Waals surface area contributed by atoms with E-state index in [1.54, 1.807) is 0 Å². The number of halogens is 2. The Balaban J connectivity index is 1.62. The molecule has 0 spiro atoms. The molecule has 5 rings (SSSR count). The molecule has 1 aromatic rings. The van der Waals surface area contributed by atoms with Gasteiger partial charge in [0.1, 0.15) is 4.90 Å². The van der Waals surface area contributed by atoms with Crippen LogP contribution in [0.1, 0.15) is 62.2 Å². The predicted molar refractivity (Wildman–Crippen MR) is 119 cm³/mol. The van der Waals surface area contributed by atoms with Crippen LogP contribution in [-0.2, 0) is 10.0 Å². The summed E-state index contributed by atoms with van der Waals surface area (Å²) in [6, 6.07) is 2.72. The van der Waals surface area contributed by atoms with E-state index in [4.69, 9.17) is 23.2 Å². The van der Waals surface area contributed by atoms with Crippen molar-refractivity contribution >= 4 is 39.1 Å². The lowest BCUT2D eigenvalue weighted by Gasteiger charge is -2.59. The van der Waals surface area contributed by atoms with Crippen LogP contribution in [0.3, 0.4) is 0 Å². The Kier molecular flexibility index (Phi) is 5.93. The molecule has 4 aliphatic rings. The minimum absolute atomic E-state index is 0.0124. The SMILES string of the molecule is CC[C@H](NC(=O)c1cc(S(=O)(=O)N(C)C)c(Cl)cc1Cl)C12CC3CC(CC(C3)C1)C2. The maximum atomic E-state index is 13.2. The van der Waals surface area contributed by atoms with E-state index in [-0.39, 0.29) is 37.9 Å². The van der Waals surface area contributed by atoms with Gasteiger partial charge in [-0.05, 0) is 80.2 Å². The number of hydrogen-bond acceptors (Lipinski definition) is 3. The van der Waals surface area contributed by atoms with Crippen molar-refractivity contribution in [2.45, 2.75) is 62.8 Å². The normalized spacial score (nSPS) is 31.2. The number of nitrogens with one attached hydrogen (secondary N) is 1. The predicted octanol–water partition coefficient (Wildman–Crippen LogP) is 4.97. The van der Waals surface area contributed by atoms with Crippen LogP contribution in [0.4, 0.5) is 0 Å². The number of nitrogens with zero attached hydrogens (tertiary/aromatic N) is 1. The average molecular weight is 473 g/mol. The molecule has 4 saturated carbocycles. The molecule has 4 fully saturated rings. The van der Waals surface area contributed by atoms with Crippen molar-refractivity contribution in [2.75, 3.05) is 14.1 Å². The van der Waals surface area contributed by atoms with Crippen LogP contribution in [0, 0.1) is 23.2 Å². The van der Waals surface area contributed by atoms with Gasteiger partial charge in [-0.1, -0.05) is 30.1 Å². The van der Waals surface area contributed by atoms with Crippen LogP contribution < -0.4 is 5.32 Å². The first-order valence-corrected chi connectivity index (χ1v) is 13.0. The van der Waals surface area contributed by atoms with Gasteiger partial charge in [0.25, 0.3) is 5.91 Å². The molecule has 4 bridgehead atoms. The van der Waals surface area contributed by atoms with E-state index in [9.17, 15) is 13.2 Å². The molecule has 0 radical (unpaired) electrons. The van der Waals surface area contributed by atoms with Crippen LogP contribution in [0.5, 0.6) is 0 Å². The number of benzene rings is 1. The highest BCUT2D eigenvalue weighted by Gasteiger charge is 2.54. The number of amides is 1. The van der Waals surface area contributed by atoms with E-state index in [1.807, 2.05) is 0 Å². The van der Waals surface area contributed by atoms with Crippen LogP contribution in [0.15, 0.2) is 17.0 Å². The topological polar surface area (TPSA) is 66.5 Å². The Hall–Kier alpha value is -0.820. The zero-order chi connectivity index (χ0) is 21.8. The summed E-state index contributed by atoms with van der Waals surface area (Å²) in [6.07, 6.45) is 8.45. The molecule has 1 N–H and O–H groups in total. The van der Waals surface area contributed by atoms with Crippen molar-refractivity contribution in [1.82, 2.24) is 9.62 Å². The molecule has 166 valence electrons. The van der Waals surface area contributed by atoms with Gasteiger partial charge in [-0.2, -0.15) is 0 Å². The summed E-state index contributed by atoms with van der Waals surface area (Å²) in [5.41, 5.74) is 0.320. The standard InChI is InChI=1S/C22H30Cl2N2O3S/c1-4-20(22-10-13-5-14(11-22)7-15(6-13)12-22)25-21(27)16-8-19(18(24)9-17(16)23)30(28,29)26(2)3/h8-9,13-15,20H,4-7,10-12H2,1-3H3,(H,25,27)/t13?,14?,15?,20-,22?/m0/s1. The average Bonchev–Trinajstić information content (AvgIpc) is 2.64. The van der Waals surface area contributed by atoms with Crippen molar-refractivity contribution in [3.05, 3.63) is 27.7 Å². The molecule has 4 aliphatic carbocycles. The fraction of sp³-hybridized carbons (Fsp3) is 0.682. The number of sulfonamides is 1. The summed E-state index contributed by atoms with van der Waals surface area (Å²) in [7, 11) is -0.927. The maximum absolute atomic E-state index is 13.2. The second-order valence-electron chi connectivity index (χ2n) is 9.76. The molecule has 1 amide bonds. The van der Waals surface area contributed by atoms with Crippen molar-refractivity contribution in [3.8, 4) is 0 Å². The summed E-state index contributed by atoms with van der Waals surface area (Å²) in [5.74, 6) is 2.05. The second-order valence-corrected chi connectivity index (χ2v) is 12.7. The number of hydrogen-bond donors (Lipinski definition) is 1. The zero-order valence-corrected chi connectivity index (χ0v) is 20.1. The largest absolute Gasteiger partial charge is 0.349 e. The summed E-state index contributed by atoms with van der Waals surface area (Å²) in [4.78, 5) is 13.1. The third-order valence-corrected chi connectivity index (χ3v) is 10.2. The van der Waals surface area contributed by atoms with Crippen LogP contribution in [0.25, 0.3) is 0 Å². The third-order valence-electron chi connectivity index (χ3n) is 7.56. The lowest BCUT2D eigenvalue weighted by molar-refractivity contribution is -0.0727. The number of rotatable bonds is 6. The molecule has 0 aliphatic heterocycles. The first kappa shape index (κ1) is 22.4. The smallest absolute Gasteiger partial charge is 0.253 e. The quantitative estimate of drug-likeness (QED) is 0.635. The van der Waals surface area contributed by atoms with Crippen molar-refractivity contribution in [1.29, 1.82) is 0 Å². The number of carbonyl (C=O) groups is 1. The van der Waals surface area contributed by atoms with E-state index < -0.39 is 10.0 Å². The van der Waals surface area contributed by atoms with Gasteiger partial charge >= 0.3 is 0 Å². The van der Waals surface area contributed by atoms with Gasteiger partial charge in [-0.25, -0.2) is 12.7 Å². The second kappa shape index (κ2) is 7.95. The fourth-order valence-corrected chi connectivity index (χ4v) is 8.35. The van der Waals surface area contributed by atoms with Crippen LogP contribution in [0.2, 0.25) is 10.0 Å².